The van der Waals surface area contributed by atoms with Crippen molar-refractivity contribution in [3.8, 4) is 5.75 Å². The van der Waals surface area contributed by atoms with Crippen molar-refractivity contribution < 1.29 is 19.1 Å². The van der Waals surface area contributed by atoms with Crippen LogP contribution in [0.3, 0.4) is 0 Å². The minimum Gasteiger partial charge on any atom is -0.497 e. The summed E-state index contributed by atoms with van der Waals surface area (Å²) in [5, 5.41) is 0. The van der Waals surface area contributed by atoms with Crippen molar-refractivity contribution in [1.29, 1.82) is 0 Å². The van der Waals surface area contributed by atoms with Crippen LogP contribution in [0.2, 0.25) is 0 Å². The van der Waals surface area contributed by atoms with Gasteiger partial charge >= 0.3 is 0 Å². The van der Waals surface area contributed by atoms with Crippen LogP contribution in [0.15, 0.2) is 24.3 Å². The smallest absolute Gasteiger partial charge is 0.254 e. The number of rotatable bonds is 4. The first-order chi connectivity index (χ1) is 15.0. The number of carbonyl (C=O) groups is 2. The van der Waals surface area contributed by atoms with Crippen molar-refractivity contribution in [2.24, 2.45) is 5.41 Å². The Kier molecular flexibility index (Phi) is 5.42. The molecular formula is C24H33N3O4. The monoisotopic (exact) mass is 427 g/mol. The molecule has 7 heteroatoms. The summed E-state index contributed by atoms with van der Waals surface area (Å²) in [7, 11) is 3.82. The molecule has 0 radical (unpaired) electrons. The minimum atomic E-state index is -0.646. The van der Waals surface area contributed by atoms with E-state index in [0.717, 1.165) is 63.2 Å². The van der Waals surface area contributed by atoms with Crippen molar-refractivity contribution in [1.82, 2.24) is 14.7 Å². The van der Waals surface area contributed by atoms with Gasteiger partial charge in [0.15, 0.2) is 6.10 Å². The minimum absolute atomic E-state index is 0.0118. The van der Waals surface area contributed by atoms with Crippen LogP contribution in [0.5, 0.6) is 5.75 Å². The molecule has 168 valence electrons. The Bertz CT molecular complexity index is 830. The molecule has 1 aromatic rings. The Morgan fingerprint density at radius 1 is 1.10 bits per heavy atom. The predicted molar refractivity (Wildman–Crippen MR) is 116 cm³/mol. The Labute approximate surface area is 184 Å². The summed E-state index contributed by atoms with van der Waals surface area (Å²) in [5.41, 5.74) is 1.30. The van der Waals surface area contributed by atoms with Crippen LogP contribution in [0.4, 0.5) is 0 Å². The molecule has 3 saturated heterocycles. The summed E-state index contributed by atoms with van der Waals surface area (Å²) in [6.45, 7) is 3.83. The number of methoxy groups -OCH3 is 1. The van der Waals surface area contributed by atoms with Crippen molar-refractivity contribution in [3.63, 3.8) is 0 Å². The maximum Gasteiger partial charge on any atom is 0.254 e. The molecule has 0 aromatic heterocycles. The largest absolute Gasteiger partial charge is 0.497 e. The van der Waals surface area contributed by atoms with E-state index >= 15 is 0 Å². The fourth-order valence-electron chi connectivity index (χ4n) is 5.70. The number of morpholine rings is 1. The number of hydrogen-bond acceptors (Lipinski definition) is 5. The SMILES string of the molecule is COc1ccc([C@@H]2[C@@H](C(=O)N3CCC4(CCN(C)C4)CC3)OCC(=O)N2C2CC2)cc1. The highest BCUT2D eigenvalue weighted by atomic mass is 16.5. The van der Waals surface area contributed by atoms with Gasteiger partial charge in [-0.25, -0.2) is 0 Å². The van der Waals surface area contributed by atoms with E-state index in [1.165, 1.54) is 6.42 Å². The van der Waals surface area contributed by atoms with E-state index in [1.54, 1.807) is 7.11 Å². The highest BCUT2D eigenvalue weighted by molar-refractivity contribution is 5.87. The van der Waals surface area contributed by atoms with Gasteiger partial charge < -0.3 is 24.2 Å². The third-order valence-electron chi connectivity index (χ3n) is 7.67. The number of ether oxygens (including phenoxy) is 2. The Morgan fingerprint density at radius 3 is 2.35 bits per heavy atom. The van der Waals surface area contributed by atoms with Crippen LogP contribution >= 0.6 is 0 Å². The zero-order valence-corrected chi connectivity index (χ0v) is 18.6. The normalized spacial score (nSPS) is 28.9. The van der Waals surface area contributed by atoms with Crippen molar-refractivity contribution in [3.05, 3.63) is 29.8 Å². The van der Waals surface area contributed by atoms with Crippen LogP contribution in [-0.2, 0) is 14.3 Å². The average molecular weight is 428 g/mol. The van der Waals surface area contributed by atoms with E-state index in [4.69, 9.17) is 9.47 Å². The second kappa shape index (κ2) is 8.10. The van der Waals surface area contributed by atoms with Gasteiger partial charge in [-0.3, -0.25) is 9.59 Å². The standard InChI is InChI=1S/C24H33N3O4/c1-25-12-9-24(16-25)10-13-26(14-11-24)23(29)22-21(17-3-7-19(30-2)8-4-17)27(18-5-6-18)20(28)15-31-22/h3-4,7-8,18,21-22H,5-6,9-16H2,1-2H3/t21-,22+/m1/s1. The number of carbonyl (C=O) groups excluding carboxylic acids is 2. The maximum atomic E-state index is 13.7. The molecule has 0 N–H and O–H groups in total. The highest BCUT2D eigenvalue weighted by Gasteiger charge is 2.49. The molecule has 1 aliphatic carbocycles. The molecule has 2 amide bonds. The maximum absolute atomic E-state index is 13.7. The lowest BCUT2D eigenvalue weighted by atomic mass is 9.77. The number of nitrogens with zero attached hydrogens (tertiary/aromatic N) is 3. The first-order valence-electron chi connectivity index (χ1n) is 11.5. The van der Waals surface area contributed by atoms with Crippen LogP contribution in [0, 0.1) is 5.41 Å². The van der Waals surface area contributed by atoms with E-state index in [-0.39, 0.29) is 30.5 Å². The van der Waals surface area contributed by atoms with E-state index in [0.29, 0.717) is 5.41 Å². The molecule has 1 spiro atoms. The molecule has 3 heterocycles. The first kappa shape index (κ1) is 20.8. The first-order valence-corrected chi connectivity index (χ1v) is 11.5. The topological polar surface area (TPSA) is 62.3 Å². The molecule has 7 nitrogen and oxygen atoms in total. The summed E-state index contributed by atoms with van der Waals surface area (Å²) in [6.07, 6.45) is 4.68. The number of piperidine rings is 1. The lowest BCUT2D eigenvalue weighted by molar-refractivity contribution is -0.171. The van der Waals surface area contributed by atoms with Crippen molar-refractivity contribution >= 4 is 11.8 Å². The van der Waals surface area contributed by atoms with Gasteiger partial charge in [0.2, 0.25) is 5.91 Å². The van der Waals surface area contributed by atoms with Crippen LogP contribution < -0.4 is 4.74 Å². The molecule has 3 aliphatic heterocycles. The quantitative estimate of drug-likeness (QED) is 0.736. The Morgan fingerprint density at radius 2 is 1.77 bits per heavy atom. The zero-order chi connectivity index (χ0) is 21.6. The van der Waals surface area contributed by atoms with Crippen molar-refractivity contribution in [2.45, 2.75) is 50.3 Å². The molecule has 4 aliphatic rings. The van der Waals surface area contributed by atoms with Gasteiger partial charge in [-0.15, -0.1) is 0 Å². The molecule has 0 unspecified atom stereocenters. The van der Waals surface area contributed by atoms with Gasteiger partial charge in [0.25, 0.3) is 5.91 Å². The highest BCUT2D eigenvalue weighted by Crippen LogP contribution is 2.42. The Hall–Kier alpha value is -2.12. The molecular weight excluding hydrogens is 394 g/mol. The van der Waals surface area contributed by atoms with E-state index in [1.807, 2.05) is 34.1 Å². The van der Waals surface area contributed by atoms with Gasteiger partial charge in [-0.05, 0) is 68.8 Å². The lowest BCUT2D eigenvalue weighted by Crippen LogP contribution is -2.57. The fourth-order valence-corrected chi connectivity index (χ4v) is 5.70. The summed E-state index contributed by atoms with van der Waals surface area (Å²) >= 11 is 0. The van der Waals surface area contributed by atoms with Gasteiger partial charge in [-0.2, -0.15) is 0 Å². The molecule has 1 aromatic carbocycles. The summed E-state index contributed by atoms with van der Waals surface area (Å²) in [4.78, 5) is 32.7. The van der Waals surface area contributed by atoms with Crippen LogP contribution in [0.1, 0.15) is 43.7 Å². The van der Waals surface area contributed by atoms with Gasteiger partial charge in [0, 0.05) is 25.7 Å². The van der Waals surface area contributed by atoms with Gasteiger partial charge in [0.1, 0.15) is 12.4 Å². The number of likely N-dealkylation sites (tertiary alicyclic amines) is 2. The average Bonchev–Trinajstić information content (AvgIpc) is 3.57. The second-order valence-corrected chi connectivity index (χ2v) is 9.79. The Balaban J connectivity index is 1.37. The second-order valence-electron chi connectivity index (χ2n) is 9.79. The van der Waals surface area contributed by atoms with Crippen molar-refractivity contribution in [2.75, 3.05) is 46.9 Å². The predicted octanol–water partition coefficient (Wildman–Crippen LogP) is 2.07. The molecule has 4 fully saturated rings. The molecule has 0 bridgehead atoms. The van der Waals surface area contributed by atoms with E-state index in [2.05, 4.69) is 11.9 Å². The van der Waals surface area contributed by atoms with E-state index < -0.39 is 6.10 Å². The zero-order valence-electron chi connectivity index (χ0n) is 18.6. The lowest BCUT2D eigenvalue weighted by Gasteiger charge is -2.45. The summed E-state index contributed by atoms with van der Waals surface area (Å²) < 4.78 is 11.2. The van der Waals surface area contributed by atoms with Gasteiger partial charge in [-0.1, -0.05) is 12.1 Å². The summed E-state index contributed by atoms with van der Waals surface area (Å²) in [6, 6.07) is 7.55. The molecule has 2 atom stereocenters. The summed E-state index contributed by atoms with van der Waals surface area (Å²) in [5.74, 6) is 0.773. The third-order valence-corrected chi connectivity index (χ3v) is 7.67. The molecule has 31 heavy (non-hydrogen) atoms. The molecule has 1 saturated carbocycles. The number of benzene rings is 1. The number of hydrogen-bond donors (Lipinski definition) is 0. The van der Waals surface area contributed by atoms with E-state index in [9.17, 15) is 9.59 Å². The van der Waals surface area contributed by atoms with Crippen LogP contribution in [0.25, 0.3) is 0 Å². The van der Waals surface area contributed by atoms with Crippen LogP contribution in [-0.4, -0.2) is 85.6 Å². The number of amides is 2. The fraction of sp³-hybridized carbons (Fsp3) is 0.667. The van der Waals surface area contributed by atoms with Gasteiger partial charge in [0.05, 0.1) is 13.2 Å². The third kappa shape index (κ3) is 3.94. The molecule has 5 rings (SSSR count).